The minimum absolute atomic E-state index is 0.218. The average molecular weight is 198 g/mol. The summed E-state index contributed by atoms with van der Waals surface area (Å²) in [7, 11) is 0. The van der Waals surface area contributed by atoms with Crippen molar-refractivity contribution in [3.8, 4) is 0 Å². The van der Waals surface area contributed by atoms with Crippen LogP contribution in [0.25, 0.3) is 0 Å². The molecule has 1 aliphatic rings. The summed E-state index contributed by atoms with van der Waals surface area (Å²) in [6.07, 6.45) is 4.20. The largest absolute Gasteiger partial charge is 0.393 e. The lowest BCUT2D eigenvalue weighted by Crippen LogP contribution is -2.23. The van der Waals surface area contributed by atoms with E-state index in [0.717, 1.165) is 12.8 Å². The first kappa shape index (κ1) is 11.7. The van der Waals surface area contributed by atoms with Crippen LogP contribution < -0.4 is 0 Å². The molecule has 2 nitrogen and oxygen atoms in total. The first-order valence-corrected chi connectivity index (χ1v) is 5.56. The molecule has 1 N–H and O–H groups in total. The maximum atomic E-state index is 9.65. The third kappa shape index (κ3) is 2.82. The molecule has 0 aromatic heterocycles. The van der Waals surface area contributed by atoms with E-state index < -0.39 is 0 Å². The summed E-state index contributed by atoms with van der Waals surface area (Å²) in [4.78, 5) is 0. The fourth-order valence-corrected chi connectivity index (χ4v) is 1.86. The summed E-state index contributed by atoms with van der Waals surface area (Å²) >= 11 is 0. The topological polar surface area (TPSA) is 32.8 Å². The Bertz CT molecular complexity index is 191. The van der Waals surface area contributed by atoms with Crippen LogP contribution in [-0.4, -0.2) is 23.4 Å². The van der Waals surface area contributed by atoms with Crippen molar-refractivity contribution >= 4 is 0 Å². The Morgan fingerprint density at radius 1 is 1.50 bits per heavy atom. The van der Waals surface area contributed by atoms with Gasteiger partial charge in [-0.3, -0.25) is 0 Å². The van der Waals surface area contributed by atoms with Crippen molar-refractivity contribution in [2.45, 2.75) is 51.9 Å². The van der Waals surface area contributed by atoms with Crippen LogP contribution in [0.15, 0.2) is 12.7 Å². The van der Waals surface area contributed by atoms with E-state index in [2.05, 4.69) is 20.4 Å². The van der Waals surface area contributed by atoms with E-state index in [-0.39, 0.29) is 18.1 Å². The Kier molecular flexibility index (Phi) is 4.14. The van der Waals surface area contributed by atoms with Crippen molar-refractivity contribution in [1.82, 2.24) is 0 Å². The van der Waals surface area contributed by atoms with Gasteiger partial charge in [0.1, 0.15) is 0 Å². The Labute approximate surface area is 87.0 Å². The highest BCUT2D eigenvalue weighted by atomic mass is 16.6. The van der Waals surface area contributed by atoms with Crippen LogP contribution in [0.3, 0.4) is 0 Å². The molecule has 0 unspecified atom stereocenters. The number of aliphatic hydroxyl groups excluding tert-OH is 1. The van der Waals surface area contributed by atoms with Gasteiger partial charge in [0.25, 0.3) is 0 Å². The molecule has 0 saturated carbocycles. The smallest absolute Gasteiger partial charge is 0.0892 e. The SMILES string of the molecule is C=C[C@@H](C)C[C@@H]1O[C@@H]1[C@H](C)[C@@H](O)CC. The zero-order valence-corrected chi connectivity index (χ0v) is 9.44. The first-order valence-electron chi connectivity index (χ1n) is 5.56. The molecule has 0 radical (unpaired) electrons. The van der Waals surface area contributed by atoms with E-state index in [9.17, 15) is 5.11 Å². The fraction of sp³-hybridized carbons (Fsp3) is 0.833. The number of epoxide rings is 1. The predicted octanol–water partition coefficient (Wildman–Crippen LogP) is 2.37. The normalized spacial score (nSPS) is 32.0. The van der Waals surface area contributed by atoms with Crippen molar-refractivity contribution in [3.63, 3.8) is 0 Å². The zero-order valence-electron chi connectivity index (χ0n) is 9.44. The molecule has 1 saturated heterocycles. The molecule has 1 fully saturated rings. The minimum atomic E-state index is -0.218. The summed E-state index contributed by atoms with van der Waals surface area (Å²) in [5.41, 5.74) is 0. The van der Waals surface area contributed by atoms with Gasteiger partial charge in [-0.2, -0.15) is 0 Å². The van der Waals surface area contributed by atoms with Crippen molar-refractivity contribution < 1.29 is 9.84 Å². The number of allylic oxidation sites excluding steroid dienone is 1. The molecule has 0 aromatic rings. The zero-order chi connectivity index (χ0) is 10.7. The van der Waals surface area contributed by atoms with E-state index in [1.54, 1.807) is 0 Å². The molecule has 0 bridgehead atoms. The second kappa shape index (κ2) is 4.94. The highest BCUT2D eigenvalue weighted by Gasteiger charge is 2.44. The van der Waals surface area contributed by atoms with Gasteiger partial charge < -0.3 is 9.84 Å². The van der Waals surface area contributed by atoms with Crippen LogP contribution in [0.1, 0.15) is 33.6 Å². The Hall–Kier alpha value is -0.340. The highest BCUT2D eigenvalue weighted by molar-refractivity contribution is 4.94. The summed E-state index contributed by atoms with van der Waals surface area (Å²) < 4.78 is 5.57. The van der Waals surface area contributed by atoms with Crippen LogP contribution in [0.4, 0.5) is 0 Å². The fourth-order valence-electron chi connectivity index (χ4n) is 1.86. The quantitative estimate of drug-likeness (QED) is 0.525. The third-order valence-electron chi connectivity index (χ3n) is 3.17. The van der Waals surface area contributed by atoms with Crippen LogP contribution >= 0.6 is 0 Å². The van der Waals surface area contributed by atoms with Crippen LogP contribution in [-0.2, 0) is 4.74 Å². The van der Waals surface area contributed by atoms with Gasteiger partial charge in [0.05, 0.1) is 18.3 Å². The molecule has 1 aliphatic heterocycles. The van der Waals surface area contributed by atoms with Gasteiger partial charge in [0, 0.05) is 5.92 Å². The summed E-state index contributed by atoms with van der Waals surface area (Å²) in [6, 6.07) is 0. The molecule has 5 atom stereocenters. The second-order valence-electron chi connectivity index (χ2n) is 4.42. The standard InChI is InChI=1S/C12H22O2/c1-5-8(3)7-11-12(14-11)9(4)10(13)6-2/h5,8-13H,1,6-7H2,2-4H3/t8-,9-,10+,11+,12-/m1/s1. The van der Waals surface area contributed by atoms with Gasteiger partial charge in [-0.25, -0.2) is 0 Å². The molecule has 0 aromatic carbocycles. The minimum Gasteiger partial charge on any atom is -0.393 e. The molecule has 14 heavy (non-hydrogen) atoms. The molecule has 2 heteroatoms. The third-order valence-corrected chi connectivity index (χ3v) is 3.17. The number of rotatable bonds is 6. The molecule has 1 rings (SSSR count). The average Bonchev–Trinajstić information content (AvgIpc) is 2.94. The molecule has 0 spiro atoms. The molecule has 0 amide bonds. The second-order valence-corrected chi connectivity index (χ2v) is 4.42. The van der Waals surface area contributed by atoms with Crippen molar-refractivity contribution in [2.75, 3.05) is 0 Å². The van der Waals surface area contributed by atoms with Crippen molar-refractivity contribution in [3.05, 3.63) is 12.7 Å². The number of hydrogen-bond acceptors (Lipinski definition) is 2. The van der Waals surface area contributed by atoms with Gasteiger partial charge in [0.2, 0.25) is 0 Å². The Balaban J connectivity index is 2.28. The van der Waals surface area contributed by atoms with Gasteiger partial charge >= 0.3 is 0 Å². The van der Waals surface area contributed by atoms with Crippen molar-refractivity contribution in [2.24, 2.45) is 11.8 Å². The van der Waals surface area contributed by atoms with E-state index >= 15 is 0 Å². The first-order chi connectivity index (χ1) is 6.60. The Morgan fingerprint density at radius 2 is 2.14 bits per heavy atom. The molecule has 0 aliphatic carbocycles. The number of hydrogen-bond donors (Lipinski definition) is 1. The summed E-state index contributed by atoms with van der Waals surface area (Å²) in [5, 5.41) is 9.65. The summed E-state index contributed by atoms with van der Waals surface area (Å²) in [5.74, 6) is 0.776. The number of ether oxygens (including phenoxy) is 1. The van der Waals surface area contributed by atoms with Gasteiger partial charge in [-0.15, -0.1) is 6.58 Å². The lowest BCUT2D eigenvalue weighted by molar-refractivity contribution is 0.0953. The van der Waals surface area contributed by atoms with Gasteiger partial charge in [-0.1, -0.05) is 26.8 Å². The van der Waals surface area contributed by atoms with Gasteiger partial charge in [0.15, 0.2) is 0 Å². The molecular weight excluding hydrogens is 176 g/mol. The van der Waals surface area contributed by atoms with Crippen molar-refractivity contribution in [1.29, 1.82) is 0 Å². The van der Waals surface area contributed by atoms with E-state index in [4.69, 9.17) is 4.74 Å². The predicted molar refractivity (Wildman–Crippen MR) is 58.1 cm³/mol. The van der Waals surface area contributed by atoms with Gasteiger partial charge in [-0.05, 0) is 18.8 Å². The monoisotopic (exact) mass is 198 g/mol. The van der Waals surface area contributed by atoms with E-state index in [0.29, 0.717) is 12.0 Å². The maximum absolute atomic E-state index is 9.65. The van der Waals surface area contributed by atoms with Crippen LogP contribution in [0.5, 0.6) is 0 Å². The molecule has 82 valence electrons. The summed E-state index contributed by atoms with van der Waals surface area (Å²) in [6.45, 7) is 9.97. The van der Waals surface area contributed by atoms with E-state index in [1.165, 1.54) is 0 Å². The molecule has 1 heterocycles. The Morgan fingerprint density at radius 3 is 2.64 bits per heavy atom. The molecular formula is C12H22O2. The maximum Gasteiger partial charge on any atom is 0.0892 e. The van der Waals surface area contributed by atoms with Crippen LogP contribution in [0.2, 0.25) is 0 Å². The van der Waals surface area contributed by atoms with Crippen LogP contribution in [0, 0.1) is 11.8 Å². The highest BCUT2D eigenvalue weighted by Crippen LogP contribution is 2.36. The lowest BCUT2D eigenvalue weighted by atomic mass is 9.94. The number of aliphatic hydroxyl groups is 1. The van der Waals surface area contributed by atoms with E-state index in [1.807, 2.05) is 13.0 Å². The lowest BCUT2D eigenvalue weighted by Gasteiger charge is -2.14.